The second-order valence-electron chi connectivity index (χ2n) is 4.18. The van der Waals surface area contributed by atoms with Crippen molar-refractivity contribution < 1.29 is 4.74 Å². The molecule has 1 aromatic heterocycles. The van der Waals surface area contributed by atoms with Crippen LogP contribution in [0.15, 0.2) is 48.8 Å². The molecule has 0 saturated carbocycles. The predicted molar refractivity (Wildman–Crippen MR) is 72.7 cm³/mol. The molecule has 0 spiro atoms. The third kappa shape index (κ3) is 3.86. The van der Waals surface area contributed by atoms with Gasteiger partial charge in [0.15, 0.2) is 0 Å². The lowest BCUT2D eigenvalue weighted by Gasteiger charge is -2.07. The smallest absolute Gasteiger partial charge is 0.119 e. The number of nitrogens with two attached hydrogens (primary N) is 1. The minimum atomic E-state index is 0.662. The number of hydrogen-bond donors (Lipinski definition) is 1. The predicted octanol–water partition coefficient (Wildman–Crippen LogP) is 2.40. The number of nitrogens with zero attached hydrogens (tertiary/aromatic N) is 1. The van der Waals surface area contributed by atoms with Crippen molar-refractivity contribution in [3.05, 3.63) is 59.9 Å². The molecule has 0 aliphatic carbocycles. The summed E-state index contributed by atoms with van der Waals surface area (Å²) in [5.41, 5.74) is 7.87. The lowest BCUT2D eigenvalue weighted by atomic mass is 10.1. The molecular formula is C15H18N2O. The Labute approximate surface area is 108 Å². The number of ether oxygens (including phenoxy) is 1. The highest BCUT2D eigenvalue weighted by molar-refractivity contribution is 5.31. The summed E-state index contributed by atoms with van der Waals surface area (Å²) in [5.74, 6) is 0.907. The average molecular weight is 242 g/mol. The molecule has 0 saturated heterocycles. The first-order chi connectivity index (χ1) is 8.88. The molecule has 0 bridgehead atoms. The standard InChI is InChI=1S/C15H18N2O/c16-7-3-9-18-15-6-1-4-13(11-15)10-14-5-2-8-17-12-14/h1-2,4-6,8,11-12H,3,7,9-10,16H2. The zero-order chi connectivity index (χ0) is 12.6. The second-order valence-corrected chi connectivity index (χ2v) is 4.18. The van der Waals surface area contributed by atoms with Crippen LogP contribution in [0.4, 0.5) is 0 Å². The van der Waals surface area contributed by atoms with E-state index in [0.717, 1.165) is 18.6 Å². The Morgan fingerprint density at radius 1 is 1.11 bits per heavy atom. The van der Waals surface area contributed by atoms with E-state index >= 15 is 0 Å². The van der Waals surface area contributed by atoms with Gasteiger partial charge in [0, 0.05) is 12.4 Å². The van der Waals surface area contributed by atoms with Crippen LogP contribution in [-0.4, -0.2) is 18.1 Å². The van der Waals surface area contributed by atoms with Crippen LogP contribution in [0.3, 0.4) is 0 Å². The molecule has 0 aliphatic rings. The topological polar surface area (TPSA) is 48.1 Å². The lowest BCUT2D eigenvalue weighted by Crippen LogP contribution is -2.06. The van der Waals surface area contributed by atoms with Crippen molar-refractivity contribution in [1.82, 2.24) is 4.98 Å². The van der Waals surface area contributed by atoms with Crippen LogP contribution in [0.25, 0.3) is 0 Å². The summed E-state index contributed by atoms with van der Waals surface area (Å²) >= 11 is 0. The van der Waals surface area contributed by atoms with Gasteiger partial charge in [0.05, 0.1) is 6.61 Å². The van der Waals surface area contributed by atoms with Crippen LogP contribution in [0.2, 0.25) is 0 Å². The first-order valence-corrected chi connectivity index (χ1v) is 6.19. The van der Waals surface area contributed by atoms with Crippen LogP contribution in [0, 0.1) is 0 Å². The summed E-state index contributed by atoms with van der Waals surface area (Å²) < 4.78 is 5.63. The molecule has 2 rings (SSSR count). The van der Waals surface area contributed by atoms with Gasteiger partial charge in [0.25, 0.3) is 0 Å². The van der Waals surface area contributed by atoms with Crippen molar-refractivity contribution in [1.29, 1.82) is 0 Å². The van der Waals surface area contributed by atoms with Gasteiger partial charge in [-0.3, -0.25) is 4.98 Å². The highest BCUT2D eigenvalue weighted by Crippen LogP contribution is 2.16. The Hall–Kier alpha value is -1.87. The maximum atomic E-state index is 5.63. The zero-order valence-corrected chi connectivity index (χ0v) is 10.4. The normalized spacial score (nSPS) is 10.3. The fraction of sp³-hybridized carbons (Fsp3) is 0.267. The molecule has 0 unspecified atom stereocenters. The third-order valence-electron chi connectivity index (χ3n) is 2.65. The minimum Gasteiger partial charge on any atom is -0.494 e. The van der Waals surface area contributed by atoms with E-state index in [9.17, 15) is 0 Å². The Morgan fingerprint density at radius 2 is 2.00 bits per heavy atom. The Bertz CT molecular complexity index is 471. The second kappa shape index (κ2) is 6.77. The van der Waals surface area contributed by atoms with Crippen LogP contribution in [-0.2, 0) is 6.42 Å². The SMILES string of the molecule is NCCCOc1cccc(Cc2cccnc2)c1. The monoisotopic (exact) mass is 242 g/mol. The molecule has 0 amide bonds. The van der Waals surface area contributed by atoms with Gasteiger partial charge in [0.2, 0.25) is 0 Å². The highest BCUT2D eigenvalue weighted by Gasteiger charge is 1.99. The van der Waals surface area contributed by atoms with E-state index < -0.39 is 0 Å². The summed E-state index contributed by atoms with van der Waals surface area (Å²) in [4.78, 5) is 4.12. The molecule has 1 aromatic carbocycles. The molecular weight excluding hydrogens is 224 g/mol. The van der Waals surface area contributed by atoms with Gasteiger partial charge in [-0.2, -0.15) is 0 Å². The van der Waals surface area contributed by atoms with Gasteiger partial charge in [-0.15, -0.1) is 0 Å². The fourth-order valence-electron chi connectivity index (χ4n) is 1.76. The van der Waals surface area contributed by atoms with Crippen LogP contribution >= 0.6 is 0 Å². The van der Waals surface area contributed by atoms with Crippen molar-refractivity contribution in [2.75, 3.05) is 13.2 Å². The number of hydrogen-bond acceptors (Lipinski definition) is 3. The van der Waals surface area contributed by atoms with Gasteiger partial charge >= 0.3 is 0 Å². The number of rotatable bonds is 6. The summed E-state index contributed by atoms with van der Waals surface area (Å²) in [6, 6.07) is 12.2. The van der Waals surface area contributed by atoms with Crippen molar-refractivity contribution in [3.8, 4) is 5.75 Å². The van der Waals surface area contributed by atoms with Gasteiger partial charge in [-0.05, 0) is 48.7 Å². The number of benzene rings is 1. The van der Waals surface area contributed by atoms with Crippen molar-refractivity contribution in [2.24, 2.45) is 5.73 Å². The lowest BCUT2D eigenvalue weighted by molar-refractivity contribution is 0.313. The molecule has 0 fully saturated rings. The summed E-state index contributed by atoms with van der Waals surface area (Å²) in [6.07, 6.45) is 5.44. The molecule has 1 heterocycles. The maximum absolute atomic E-state index is 5.63. The van der Waals surface area contributed by atoms with Crippen LogP contribution in [0.1, 0.15) is 17.5 Å². The molecule has 2 aromatic rings. The van der Waals surface area contributed by atoms with Gasteiger partial charge in [-0.25, -0.2) is 0 Å². The molecule has 3 nitrogen and oxygen atoms in total. The van der Waals surface area contributed by atoms with E-state index in [1.807, 2.05) is 24.4 Å². The van der Waals surface area contributed by atoms with Gasteiger partial charge in [-0.1, -0.05) is 18.2 Å². The molecule has 2 N–H and O–H groups in total. The largest absolute Gasteiger partial charge is 0.494 e. The minimum absolute atomic E-state index is 0.662. The fourth-order valence-corrected chi connectivity index (χ4v) is 1.76. The Morgan fingerprint density at radius 3 is 2.78 bits per heavy atom. The maximum Gasteiger partial charge on any atom is 0.119 e. The first kappa shape index (κ1) is 12.6. The molecule has 3 heteroatoms. The molecule has 18 heavy (non-hydrogen) atoms. The Kier molecular flexibility index (Phi) is 4.73. The van der Waals surface area contributed by atoms with Crippen molar-refractivity contribution >= 4 is 0 Å². The van der Waals surface area contributed by atoms with E-state index in [0.29, 0.717) is 13.2 Å². The van der Waals surface area contributed by atoms with E-state index in [1.165, 1.54) is 11.1 Å². The van der Waals surface area contributed by atoms with E-state index in [2.05, 4.69) is 23.2 Å². The van der Waals surface area contributed by atoms with Gasteiger partial charge < -0.3 is 10.5 Å². The number of aromatic nitrogens is 1. The van der Waals surface area contributed by atoms with Gasteiger partial charge in [0.1, 0.15) is 5.75 Å². The van der Waals surface area contributed by atoms with Crippen LogP contribution < -0.4 is 10.5 Å². The van der Waals surface area contributed by atoms with Crippen molar-refractivity contribution in [3.63, 3.8) is 0 Å². The third-order valence-corrected chi connectivity index (χ3v) is 2.65. The molecule has 0 radical (unpaired) electrons. The summed E-state index contributed by atoms with van der Waals surface area (Å²) in [6.45, 7) is 1.34. The van der Waals surface area contributed by atoms with E-state index in [-0.39, 0.29) is 0 Å². The molecule has 94 valence electrons. The zero-order valence-electron chi connectivity index (χ0n) is 10.4. The summed E-state index contributed by atoms with van der Waals surface area (Å²) in [7, 11) is 0. The quantitative estimate of drug-likeness (QED) is 0.791. The average Bonchev–Trinajstić information content (AvgIpc) is 2.41. The Balaban J connectivity index is 1.99. The highest BCUT2D eigenvalue weighted by atomic mass is 16.5. The molecule has 0 aliphatic heterocycles. The summed E-state index contributed by atoms with van der Waals surface area (Å²) in [5, 5.41) is 0. The van der Waals surface area contributed by atoms with E-state index in [1.54, 1.807) is 6.20 Å². The van der Waals surface area contributed by atoms with Crippen LogP contribution in [0.5, 0.6) is 5.75 Å². The van der Waals surface area contributed by atoms with Crippen molar-refractivity contribution in [2.45, 2.75) is 12.8 Å². The first-order valence-electron chi connectivity index (χ1n) is 6.19. The molecule has 0 atom stereocenters. The number of pyridine rings is 1. The van der Waals surface area contributed by atoms with E-state index in [4.69, 9.17) is 10.5 Å².